The van der Waals surface area contributed by atoms with Gasteiger partial charge in [0.2, 0.25) is 11.8 Å². The lowest BCUT2D eigenvalue weighted by atomic mass is 10.2. The molecule has 0 aromatic carbocycles. The standard InChI is InChI=1S/C21H22ClF3N8O3S/c1-11(17(36-3)18-27-8-12(22)9-28-18)37-32-20-31-30-19(14-5-4-6-16(29-14)35-2)33(20)10-13(34)7-15(26)21(23,24)25/h4-9,11,17H,10,26H2,1-3H3,(H,31,32)/t11-,17-/m0/s1. The van der Waals surface area contributed by atoms with Gasteiger partial charge in [0.05, 0.1) is 23.9 Å². The van der Waals surface area contributed by atoms with E-state index in [1.807, 2.05) is 6.92 Å². The van der Waals surface area contributed by atoms with Crippen molar-refractivity contribution in [3.8, 4) is 17.4 Å². The van der Waals surface area contributed by atoms with Gasteiger partial charge in [-0.05, 0) is 24.9 Å². The minimum atomic E-state index is -4.84. The first-order valence-corrected chi connectivity index (χ1v) is 11.7. The van der Waals surface area contributed by atoms with Crippen molar-refractivity contribution in [2.24, 2.45) is 5.73 Å². The molecule has 3 heterocycles. The highest BCUT2D eigenvalue weighted by Crippen LogP contribution is 2.30. The second-order valence-electron chi connectivity index (χ2n) is 7.40. The largest absolute Gasteiger partial charge is 0.481 e. The molecule has 0 radical (unpaired) electrons. The van der Waals surface area contributed by atoms with Crippen LogP contribution in [0.2, 0.25) is 5.02 Å². The molecule has 0 fully saturated rings. The maximum absolute atomic E-state index is 12.8. The quantitative estimate of drug-likeness (QED) is 0.263. The lowest BCUT2D eigenvalue weighted by Crippen LogP contribution is -2.22. The van der Waals surface area contributed by atoms with Crippen LogP contribution >= 0.6 is 23.5 Å². The van der Waals surface area contributed by atoms with Crippen LogP contribution in [-0.2, 0) is 16.1 Å². The Balaban J connectivity index is 1.89. The molecule has 37 heavy (non-hydrogen) atoms. The molecule has 0 saturated carbocycles. The van der Waals surface area contributed by atoms with Crippen LogP contribution in [0.1, 0.15) is 18.9 Å². The summed E-state index contributed by atoms with van der Waals surface area (Å²) in [5, 5.41) is 8.20. The van der Waals surface area contributed by atoms with E-state index in [2.05, 4.69) is 29.9 Å². The number of methoxy groups -OCH3 is 2. The lowest BCUT2D eigenvalue weighted by Gasteiger charge is -2.21. The van der Waals surface area contributed by atoms with Crippen molar-refractivity contribution >= 4 is 35.3 Å². The molecule has 0 aliphatic heterocycles. The number of hydrogen-bond donors (Lipinski definition) is 2. The van der Waals surface area contributed by atoms with Crippen LogP contribution in [0.15, 0.2) is 42.4 Å². The SMILES string of the molecule is COc1cccc(-c2nnc(NS[C@@H](C)[C@H](OC)c3ncc(Cl)cn3)n2CC(=O)C=C(N)C(F)(F)F)n1. The molecule has 0 amide bonds. The number of ether oxygens (including phenoxy) is 2. The molecule has 0 aliphatic carbocycles. The number of anilines is 1. The number of pyridine rings is 1. The van der Waals surface area contributed by atoms with Crippen molar-refractivity contribution in [1.82, 2.24) is 29.7 Å². The van der Waals surface area contributed by atoms with Gasteiger partial charge in [0.15, 0.2) is 17.4 Å². The Hall–Kier alpha value is -3.43. The maximum atomic E-state index is 12.8. The Morgan fingerprint density at radius 2 is 1.97 bits per heavy atom. The zero-order valence-corrected chi connectivity index (χ0v) is 21.3. The fourth-order valence-electron chi connectivity index (χ4n) is 3.01. The van der Waals surface area contributed by atoms with Gasteiger partial charge in [0.25, 0.3) is 0 Å². The van der Waals surface area contributed by atoms with Crippen molar-refractivity contribution in [3.63, 3.8) is 0 Å². The van der Waals surface area contributed by atoms with E-state index < -0.39 is 30.3 Å². The number of carbonyl (C=O) groups is 1. The van der Waals surface area contributed by atoms with E-state index >= 15 is 0 Å². The first kappa shape index (κ1) is 28.1. The number of ketones is 1. The van der Waals surface area contributed by atoms with Gasteiger partial charge in [0, 0.05) is 31.6 Å². The van der Waals surface area contributed by atoms with Gasteiger partial charge in [-0.3, -0.25) is 14.1 Å². The smallest absolute Gasteiger partial charge is 0.430 e. The normalized spacial score (nSPS) is 13.8. The maximum Gasteiger partial charge on any atom is 0.430 e. The highest BCUT2D eigenvalue weighted by molar-refractivity contribution is 8.01. The van der Waals surface area contributed by atoms with Crippen molar-refractivity contribution in [2.45, 2.75) is 31.0 Å². The molecule has 0 bridgehead atoms. The zero-order chi connectivity index (χ0) is 27.2. The molecule has 3 aromatic rings. The van der Waals surface area contributed by atoms with Crippen LogP contribution in [0.3, 0.4) is 0 Å². The number of nitrogens with two attached hydrogens (primary N) is 1. The summed E-state index contributed by atoms with van der Waals surface area (Å²) in [6.45, 7) is 1.27. The first-order chi connectivity index (χ1) is 17.5. The van der Waals surface area contributed by atoms with Crippen LogP contribution in [0, 0.1) is 0 Å². The molecular weight excluding hydrogens is 537 g/mol. The second kappa shape index (κ2) is 12.2. The van der Waals surface area contributed by atoms with E-state index in [0.717, 1.165) is 11.9 Å². The summed E-state index contributed by atoms with van der Waals surface area (Å²) in [4.78, 5) is 25.1. The Bertz CT molecular complexity index is 1260. The van der Waals surface area contributed by atoms with Crippen molar-refractivity contribution in [1.29, 1.82) is 0 Å². The van der Waals surface area contributed by atoms with Gasteiger partial charge in [-0.1, -0.05) is 17.7 Å². The number of aromatic nitrogens is 6. The molecule has 3 rings (SSSR count). The number of alkyl halides is 3. The summed E-state index contributed by atoms with van der Waals surface area (Å²) >= 11 is 7.00. The average Bonchev–Trinajstić information content (AvgIpc) is 3.25. The molecule has 0 aliphatic rings. The zero-order valence-electron chi connectivity index (χ0n) is 19.7. The van der Waals surface area contributed by atoms with Crippen LogP contribution in [0.5, 0.6) is 5.88 Å². The number of hydrogen-bond acceptors (Lipinski definition) is 11. The third kappa shape index (κ3) is 7.30. The average molecular weight is 559 g/mol. The summed E-state index contributed by atoms with van der Waals surface area (Å²) in [7, 11) is 2.91. The topological polar surface area (TPSA) is 143 Å². The van der Waals surface area contributed by atoms with Crippen LogP contribution in [0.4, 0.5) is 19.1 Å². The van der Waals surface area contributed by atoms with Gasteiger partial charge in [-0.15, -0.1) is 10.2 Å². The highest BCUT2D eigenvalue weighted by atomic mass is 35.5. The van der Waals surface area contributed by atoms with Crippen LogP contribution in [0.25, 0.3) is 11.5 Å². The molecule has 198 valence electrons. The van der Waals surface area contributed by atoms with E-state index in [0.29, 0.717) is 16.9 Å². The molecule has 11 nitrogen and oxygen atoms in total. The Morgan fingerprint density at radius 1 is 1.27 bits per heavy atom. The number of nitrogens with one attached hydrogen (secondary N) is 1. The summed E-state index contributed by atoms with van der Waals surface area (Å²) in [5.41, 5.74) is 3.77. The summed E-state index contributed by atoms with van der Waals surface area (Å²) < 4.78 is 53.4. The second-order valence-corrected chi connectivity index (χ2v) is 9.02. The van der Waals surface area contributed by atoms with Gasteiger partial charge in [-0.25, -0.2) is 15.0 Å². The summed E-state index contributed by atoms with van der Waals surface area (Å²) in [5.74, 6) is -0.0754. The fourth-order valence-corrected chi connectivity index (χ4v) is 3.91. The number of nitrogens with zero attached hydrogens (tertiary/aromatic N) is 6. The molecule has 3 N–H and O–H groups in total. The minimum Gasteiger partial charge on any atom is -0.481 e. The first-order valence-electron chi connectivity index (χ1n) is 10.5. The number of rotatable bonds is 11. The number of allylic oxidation sites excluding steroid dienone is 2. The number of halogens is 4. The predicted molar refractivity (Wildman–Crippen MR) is 131 cm³/mol. The molecule has 2 atom stereocenters. The molecular formula is C21H22ClF3N8O3S. The predicted octanol–water partition coefficient (Wildman–Crippen LogP) is 3.60. The Labute approximate surface area is 218 Å². The molecule has 0 spiro atoms. The monoisotopic (exact) mass is 558 g/mol. The van der Waals surface area contributed by atoms with Crippen LogP contribution in [-0.4, -0.2) is 61.1 Å². The van der Waals surface area contributed by atoms with Crippen molar-refractivity contribution < 1.29 is 27.4 Å². The van der Waals surface area contributed by atoms with E-state index in [4.69, 9.17) is 26.8 Å². The summed E-state index contributed by atoms with van der Waals surface area (Å²) in [6.07, 6.45) is -2.19. The molecule has 0 unspecified atom stereocenters. The molecule has 3 aromatic heterocycles. The highest BCUT2D eigenvalue weighted by Gasteiger charge is 2.32. The van der Waals surface area contributed by atoms with Gasteiger partial charge >= 0.3 is 6.18 Å². The van der Waals surface area contributed by atoms with Gasteiger partial charge < -0.3 is 15.2 Å². The molecule has 16 heteroatoms. The molecule has 0 saturated heterocycles. The van der Waals surface area contributed by atoms with Gasteiger partial charge in [-0.2, -0.15) is 13.2 Å². The Morgan fingerprint density at radius 3 is 2.59 bits per heavy atom. The Kier molecular flexibility index (Phi) is 9.29. The van der Waals surface area contributed by atoms with E-state index in [-0.39, 0.29) is 28.6 Å². The van der Waals surface area contributed by atoms with E-state index in [1.165, 1.54) is 31.2 Å². The fraction of sp³-hybridized carbons (Fsp3) is 0.333. The van der Waals surface area contributed by atoms with Gasteiger partial charge in [0.1, 0.15) is 17.5 Å². The van der Waals surface area contributed by atoms with E-state index in [9.17, 15) is 18.0 Å². The minimum absolute atomic E-state index is 0.0793. The third-order valence-electron chi connectivity index (χ3n) is 4.78. The summed E-state index contributed by atoms with van der Waals surface area (Å²) in [6, 6.07) is 4.83. The third-order valence-corrected chi connectivity index (χ3v) is 5.90. The van der Waals surface area contributed by atoms with Crippen LogP contribution < -0.4 is 15.2 Å². The van der Waals surface area contributed by atoms with Crippen molar-refractivity contribution in [2.75, 3.05) is 18.9 Å². The number of carbonyl (C=O) groups excluding carboxylic acids is 1. The van der Waals surface area contributed by atoms with Crippen molar-refractivity contribution in [3.05, 3.63) is 53.2 Å². The van der Waals surface area contributed by atoms with E-state index in [1.54, 1.807) is 18.2 Å². The lowest BCUT2D eigenvalue weighted by molar-refractivity contribution is -0.116.